The van der Waals surface area contributed by atoms with Crippen LogP contribution in [0.15, 0.2) is 24.3 Å². The molecule has 0 aliphatic carbocycles. The molecule has 9 heteroatoms. The fraction of sp³-hybridized carbons (Fsp3) is 0.652. The Bertz CT molecular complexity index is 834. The Kier molecular flexibility index (Phi) is 14.4. The molecule has 1 heterocycles. The fourth-order valence-electron chi connectivity index (χ4n) is 3.29. The van der Waals surface area contributed by atoms with Crippen LogP contribution in [0.4, 0.5) is 10.7 Å². The number of hydrogen-bond acceptors (Lipinski definition) is 5. The number of ether oxygens (including phenoxy) is 1. The quantitative estimate of drug-likeness (QED) is 0.220. The number of para-hydroxylation sites is 2. The highest BCUT2D eigenvalue weighted by Gasteiger charge is 2.05. The number of aromatic amines is 1. The van der Waals surface area contributed by atoms with E-state index in [9.17, 15) is 13.2 Å². The number of nitrogens with one attached hydrogen (secondary N) is 2. The van der Waals surface area contributed by atoms with Crippen LogP contribution in [0.5, 0.6) is 0 Å². The molecule has 0 saturated heterocycles. The second-order valence-electron chi connectivity index (χ2n) is 7.89. The summed E-state index contributed by atoms with van der Waals surface area (Å²) in [7, 11) is -2.43. The van der Waals surface area contributed by atoms with E-state index < -0.39 is 16.2 Å². The van der Waals surface area contributed by atoms with Crippen molar-refractivity contribution in [3.63, 3.8) is 0 Å². The highest BCUT2D eigenvalue weighted by atomic mass is 32.2. The van der Waals surface area contributed by atoms with Gasteiger partial charge in [0.2, 0.25) is 5.95 Å². The van der Waals surface area contributed by atoms with Crippen LogP contribution < -0.4 is 5.32 Å². The summed E-state index contributed by atoms with van der Waals surface area (Å²) in [5.74, 6) is 0.308. The number of carbonyl (C=O) groups excluding carboxylic acids is 1. The Labute approximate surface area is 192 Å². The van der Waals surface area contributed by atoms with E-state index in [2.05, 4.69) is 26.9 Å². The van der Waals surface area contributed by atoms with Crippen LogP contribution in [-0.4, -0.2) is 41.9 Å². The molecule has 182 valence electrons. The number of imidazole rings is 1. The summed E-state index contributed by atoms with van der Waals surface area (Å²) < 4.78 is 33.9. The molecule has 1 amide bonds. The number of amides is 1. The molecule has 3 N–H and O–H groups in total. The number of benzene rings is 1. The summed E-state index contributed by atoms with van der Waals surface area (Å²) in [5.41, 5.74) is 1.68. The summed E-state index contributed by atoms with van der Waals surface area (Å²) in [6.45, 7) is 2.24. The lowest BCUT2D eigenvalue weighted by atomic mass is 10.1. The second-order valence-corrected chi connectivity index (χ2v) is 9.47. The summed E-state index contributed by atoms with van der Waals surface area (Å²) >= 11 is 0. The second kappa shape index (κ2) is 16.5. The van der Waals surface area contributed by atoms with E-state index in [1.165, 1.54) is 64.9 Å². The Hall–Kier alpha value is -2.13. The fourth-order valence-corrected chi connectivity index (χ4v) is 3.85. The number of carbonyl (C=O) groups is 1. The van der Waals surface area contributed by atoms with Crippen LogP contribution in [0, 0.1) is 0 Å². The monoisotopic (exact) mass is 469 g/mol. The summed E-state index contributed by atoms with van der Waals surface area (Å²) in [6.07, 6.45) is 14.0. The highest BCUT2D eigenvalue weighted by molar-refractivity contribution is 7.85. The van der Waals surface area contributed by atoms with Crippen LogP contribution in [0.1, 0.15) is 84.0 Å². The van der Waals surface area contributed by atoms with Gasteiger partial charge in [0.15, 0.2) is 0 Å². The van der Waals surface area contributed by atoms with Crippen molar-refractivity contribution in [1.82, 2.24) is 9.97 Å². The number of fused-ring (bicyclic) bond motifs is 1. The van der Waals surface area contributed by atoms with Gasteiger partial charge in [-0.05, 0) is 18.6 Å². The summed E-state index contributed by atoms with van der Waals surface area (Å²) in [6, 6.07) is 7.51. The zero-order valence-electron chi connectivity index (χ0n) is 19.4. The van der Waals surface area contributed by atoms with Gasteiger partial charge in [-0.3, -0.25) is 9.87 Å². The van der Waals surface area contributed by atoms with Gasteiger partial charge in [0.05, 0.1) is 23.9 Å². The van der Waals surface area contributed by atoms with Crippen LogP contribution in [-0.2, 0) is 14.9 Å². The zero-order valence-corrected chi connectivity index (χ0v) is 20.3. The van der Waals surface area contributed by atoms with Gasteiger partial charge in [0, 0.05) is 0 Å². The molecular weight excluding hydrogens is 430 g/mol. The van der Waals surface area contributed by atoms with Crippen LogP contribution in [0.3, 0.4) is 0 Å². The number of unbranched alkanes of at least 4 members (excludes halogenated alkanes) is 11. The lowest BCUT2D eigenvalue weighted by Crippen LogP contribution is -2.11. The van der Waals surface area contributed by atoms with Crippen molar-refractivity contribution in [2.45, 2.75) is 84.0 Å². The molecule has 0 saturated carbocycles. The third kappa shape index (κ3) is 14.0. The third-order valence-corrected chi connectivity index (χ3v) is 5.86. The normalized spacial score (nSPS) is 11.1. The predicted octanol–water partition coefficient (Wildman–Crippen LogP) is 6.32. The Balaban J connectivity index is 0.000000328. The van der Waals surface area contributed by atoms with Crippen LogP contribution in [0.2, 0.25) is 0 Å². The molecule has 0 fully saturated rings. The van der Waals surface area contributed by atoms with Gasteiger partial charge in [0.25, 0.3) is 10.1 Å². The molecule has 1 aromatic heterocycles. The van der Waals surface area contributed by atoms with E-state index in [0.717, 1.165) is 23.9 Å². The molecule has 0 unspecified atom stereocenters. The van der Waals surface area contributed by atoms with Crippen molar-refractivity contribution in [2.75, 3.05) is 18.2 Å². The molecule has 0 bridgehead atoms. The maximum absolute atomic E-state index is 10.9. The first-order valence-corrected chi connectivity index (χ1v) is 13.2. The largest absolute Gasteiger partial charge is 0.453 e. The van der Waals surface area contributed by atoms with Gasteiger partial charge >= 0.3 is 6.09 Å². The number of aromatic nitrogens is 2. The zero-order chi connectivity index (χ0) is 23.7. The number of nitrogens with zero attached hydrogens (tertiary/aromatic N) is 1. The van der Waals surface area contributed by atoms with Gasteiger partial charge < -0.3 is 9.72 Å². The minimum absolute atomic E-state index is 0.0789. The number of anilines is 1. The van der Waals surface area contributed by atoms with E-state index in [0.29, 0.717) is 12.4 Å². The van der Waals surface area contributed by atoms with E-state index >= 15 is 0 Å². The van der Waals surface area contributed by atoms with E-state index in [1.54, 1.807) is 0 Å². The number of hydrogen-bond donors (Lipinski definition) is 3. The first-order chi connectivity index (χ1) is 15.4. The third-order valence-electron chi connectivity index (χ3n) is 5.05. The maximum Gasteiger partial charge on any atom is 0.413 e. The van der Waals surface area contributed by atoms with Gasteiger partial charge in [0.1, 0.15) is 0 Å². The molecule has 2 rings (SSSR count). The molecule has 0 atom stereocenters. The summed E-state index contributed by atoms with van der Waals surface area (Å²) in [4.78, 5) is 17.9. The molecule has 1 aromatic carbocycles. The van der Waals surface area contributed by atoms with Crippen molar-refractivity contribution >= 4 is 33.2 Å². The van der Waals surface area contributed by atoms with E-state index in [-0.39, 0.29) is 5.75 Å². The minimum Gasteiger partial charge on any atom is -0.453 e. The van der Waals surface area contributed by atoms with Gasteiger partial charge in [-0.1, -0.05) is 89.7 Å². The molecule has 0 aliphatic rings. The smallest absolute Gasteiger partial charge is 0.413 e. The Morgan fingerprint density at radius 2 is 1.50 bits per heavy atom. The number of methoxy groups -OCH3 is 1. The standard InChI is InChI=1S/C14H30O3S.C9H9N3O2/c1-2-3-4-5-6-7-8-9-10-11-12-13-14-18(15,16)17;1-14-9(13)12-8-10-6-4-2-3-5-7(6)11-8/h2-14H2,1H3,(H,15,16,17);2-5H,1H3,(H2,10,11,12,13). The maximum atomic E-state index is 10.9. The number of H-pyrrole nitrogens is 1. The molecule has 2 aromatic rings. The highest BCUT2D eigenvalue weighted by Crippen LogP contribution is 2.13. The minimum atomic E-state index is -3.74. The van der Waals surface area contributed by atoms with Gasteiger partial charge in [-0.2, -0.15) is 8.42 Å². The molecule has 0 spiro atoms. The van der Waals surface area contributed by atoms with Crippen LogP contribution >= 0.6 is 0 Å². The topological polar surface area (TPSA) is 121 Å². The first kappa shape index (κ1) is 27.9. The SMILES string of the molecule is CCCCCCCCCCCCCCS(=O)(=O)O.COC(=O)Nc1nc2ccccc2[nH]1. The predicted molar refractivity (Wildman–Crippen MR) is 130 cm³/mol. The molecular formula is C23H39N3O5S. The van der Waals surface area contributed by atoms with Crippen molar-refractivity contribution in [1.29, 1.82) is 0 Å². The number of rotatable bonds is 14. The molecule has 0 aliphatic heterocycles. The van der Waals surface area contributed by atoms with Gasteiger partial charge in [-0.15, -0.1) is 0 Å². The molecule has 32 heavy (non-hydrogen) atoms. The summed E-state index contributed by atoms with van der Waals surface area (Å²) in [5, 5.41) is 2.45. The molecule has 0 radical (unpaired) electrons. The van der Waals surface area contributed by atoms with Crippen molar-refractivity contribution in [2.24, 2.45) is 0 Å². The first-order valence-electron chi connectivity index (χ1n) is 11.6. The van der Waals surface area contributed by atoms with Crippen molar-refractivity contribution in [3.05, 3.63) is 24.3 Å². The average molecular weight is 470 g/mol. The lowest BCUT2D eigenvalue weighted by molar-refractivity contribution is 0.186. The molecule has 8 nitrogen and oxygen atoms in total. The van der Waals surface area contributed by atoms with Gasteiger partial charge in [-0.25, -0.2) is 9.78 Å². The lowest BCUT2D eigenvalue weighted by Gasteiger charge is -2.02. The Morgan fingerprint density at radius 1 is 0.969 bits per heavy atom. The Morgan fingerprint density at radius 3 is 2.00 bits per heavy atom. The van der Waals surface area contributed by atoms with Crippen LogP contribution in [0.25, 0.3) is 11.0 Å². The van der Waals surface area contributed by atoms with E-state index in [4.69, 9.17) is 4.55 Å². The van der Waals surface area contributed by atoms with E-state index in [1.807, 2.05) is 24.3 Å². The van der Waals surface area contributed by atoms with Crippen molar-refractivity contribution in [3.8, 4) is 0 Å². The van der Waals surface area contributed by atoms with Crippen molar-refractivity contribution < 1.29 is 22.5 Å². The average Bonchev–Trinajstić information content (AvgIpc) is 3.16.